The van der Waals surface area contributed by atoms with Gasteiger partial charge in [0.05, 0.1) is 11.8 Å². The Bertz CT molecular complexity index is 1010. The molecule has 2 aromatic carbocycles. The molecule has 9 heteroatoms. The maximum absolute atomic E-state index is 13.1. The zero-order valence-electron chi connectivity index (χ0n) is 16.4. The van der Waals surface area contributed by atoms with Crippen molar-refractivity contribution in [2.75, 3.05) is 13.1 Å². The number of nitrogens with zero attached hydrogens (tertiary/aromatic N) is 1. The van der Waals surface area contributed by atoms with E-state index in [-0.39, 0.29) is 42.5 Å². The number of piperidine rings is 1. The van der Waals surface area contributed by atoms with Crippen molar-refractivity contribution in [3.63, 3.8) is 0 Å². The SMILES string of the molecule is C[C@H](NC(=O)C1CCN(S(=O)(=O)Cc2ccc(Cl)cc2Cl)CC1)c1ccc(F)cc1. The summed E-state index contributed by atoms with van der Waals surface area (Å²) in [6.45, 7) is 2.38. The van der Waals surface area contributed by atoms with E-state index in [9.17, 15) is 17.6 Å². The molecule has 0 radical (unpaired) electrons. The van der Waals surface area contributed by atoms with E-state index in [0.29, 0.717) is 28.5 Å². The molecule has 5 nitrogen and oxygen atoms in total. The number of halogens is 3. The van der Waals surface area contributed by atoms with Crippen molar-refractivity contribution in [3.05, 3.63) is 69.5 Å². The number of hydrogen-bond acceptors (Lipinski definition) is 3. The van der Waals surface area contributed by atoms with Crippen molar-refractivity contribution in [1.82, 2.24) is 9.62 Å². The van der Waals surface area contributed by atoms with Crippen molar-refractivity contribution in [3.8, 4) is 0 Å². The van der Waals surface area contributed by atoms with Crippen molar-refractivity contribution in [1.29, 1.82) is 0 Å². The minimum absolute atomic E-state index is 0.121. The Morgan fingerprint density at radius 1 is 1.17 bits per heavy atom. The maximum Gasteiger partial charge on any atom is 0.223 e. The molecule has 0 unspecified atom stereocenters. The summed E-state index contributed by atoms with van der Waals surface area (Å²) in [5.41, 5.74) is 1.30. The molecule has 1 N–H and O–H groups in total. The van der Waals surface area contributed by atoms with Gasteiger partial charge in [-0.2, -0.15) is 0 Å². The average Bonchev–Trinajstić information content (AvgIpc) is 2.70. The minimum Gasteiger partial charge on any atom is -0.349 e. The van der Waals surface area contributed by atoms with E-state index in [4.69, 9.17) is 23.2 Å². The van der Waals surface area contributed by atoms with Crippen molar-refractivity contribution < 1.29 is 17.6 Å². The Morgan fingerprint density at radius 2 is 1.80 bits per heavy atom. The molecule has 30 heavy (non-hydrogen) atoms. The Balaban J connectivity index is 1.55. The van der Waals surface area contributed by atoms with Crippen LogP contribution in [-0.2, 0) is 20.6 Å². The first kappa shape index (κ1) is 23.0. The number of sulfonamides is 1. The predicted octanol–water partition coefficient (Wildman–Crippen LogP) is 4.55. The molecule has 0 bridgehead atoms. The van der Waals surface area contributed by atoms with Crippen LogP contribution in [0.1, 0.15) is 36.9 Å². The molecule has 0 aliphatic carbocycles. The van der Waals surface area contributed by atoms with Gasteiger partial charge in [0.1, 0.15) is 5.82 Å². The summed E-state index contributed by atoms with van der Waals surface area (Å²) in [6.07, 6.45) is 0.880. The van der Waals surface area contributed by atoms with Crippen LogP contribution < -0.4 is 5.32 Å². The summed E-state index contributed by atoms with van der Waals surface area (Å²) in [5, 5.41) is 3.69. The van der Waals surface area contributed by atoms with Crippen LogP contribution in [0.25, 0.3) is 0 Å². The zero-order valence-corrected chi connectivity index (χ0v) is 18.8. The van der Waals surface area contributed by atoms with Crippen LogP contribution in [0.5, 0.6) is 0 Å². The number of benzene rings is 2. The van der Waals surface area contributed by atoms with Gasteiger partial charge in [-0.05, 0) is 55.2 Å². The molecular formula is C21H23Cl2FN2O3S. The largest absolute Gasteiger partial charge is 0.349 e. The van der Waals surface area contributed by atoms with Gasteiger partial charge in [0.25, 0.3) is 0 Å². The van der Waals surface area contributed by atoms with Crippen LogP contribution in [-0.4, -0.2) is 31.7 Å². The number of hydrogen-bond donors (Lipinski definition) is 1. The lowest BCUT2D eigenvalue weighted by molar-refractivity contribution is -0.126. The van der Waals surface area contributed by atoms with E-state index in [1.165, 1.54) is 22.5 Å². The van der Waals surface area contributed by atoms with Gasteiger partial charge in [-0.1, -0.05) is 41.4 Å². The molecule has 0 spiro atoms. The third-order valence-electron chi connectivity index (χ3n) is 5.30. The van der Waals surface area contributed by atoms with E-state index in [2.05, 4.69) is 5.32 Å². The van der Waals surface area contributed by atoms with Gasteiger partial charge in [-0.15, -0.1) is 0 Å². The number of rotatable bonds is 6. The monoisotopic (exact) mass is 472 g/mol. The number of amides is 1. The quantitative estimate of drug-likeness (QED) is 0.670. The maximum atomic E-state index is 13.1. The normalized spacial score (nSPS) is 16.9. The Labute approximate surface area is 186 Å². The van der Waals surface area contributed by atoms with E-state index >= 15 is 0 Å². The molecule has 1 amide bonds. The molecular weight excluding hydrogens is 450 g/mol. The van der Waals surface area contributed by atoms with Gasteiger partial charge < -0.3 is 5.32 Å². The highest BCUT2D eigenvalue weighted by atomic mass is 35.5. The second-order valence-corrected chi connectivity index (χ2v) is 10.3. The molecule has 1 aliphatic heterocycles. The van der Waals surface area contributed by atoms with Gasteiger partial charge >= 0.3 is 0 Å². The molecule has 1 fully saturated rings. The number of carbonyl (C=O) groups is 1. The fourth-order valence-electron chi connectivity index (χ4n) is 3.49. The van der Waals surface area contributed by atoms with Crippen molar-refractivity contribution >= 4 is 39.1 Å². The highest BCUT2D eigenvalue weighted by Crippen LogP contribution is 2.26. The first-order valence-electron chi connectivity index (χ1n) is 9.63. The first-order chi connectivity index (χ1) is 14.2. The Hall–Kier alpha value is -1.67. The van der Waals surface area contributed by atoms with Crippen LogP contribution in [0.4, 0.5) is 4.39 Å². The predicted molar refractivity (Wildman–Crippen MR) is 116 cm³/mol. The third kappa shape index (κ3) is 5.72. The van der Waals surface area contributed by atoms with Crippen LogP contribution in [0.3, 0.4) is 0 Å². The van der Waals surface area contributed by atoms with Crippen LogP contribution in [0.15, 0.2) is 42.5 Å². The smallest absolute Gasteiger partial charge is 0.223 e. The fourth-order valence-corrected chi connectivity index (χ4v) is 5.64. The van der Waals surface area contributed by atoms with Gasteiger partial charge in [0, 0.05) is 29.1 Å². The molecule has 3 rings (SSSR count). The lowest BCUT2D eigenvalue weighted by Crippen LogP contribution is -2.43. The van der Waals surface area contributed by atoms with E-state index in [1.54, 1.807) is 24.3 Å². The van der Waals surface area contributed by atoms with Gasteiger partial charge in [-0.25, -0.2) is 17.1 Å². The molecule has 162 valence electrons. The second-order valence-electron chi connectivity index (χ2n) is 7.45. The lowest BCUT2D eigenvalue weighted by atomic mass is 9.96. The molecule has 0 saturated carbocycles. The van der Waals surface area contributed by atoms with Gasteiger partial charge in [-0.3, -0.25) is 4.79 Å². The number of carbonyl (C=O) groups excluding carboxylic acids is 1. The average molecular weight is 473 g/mol. The third-order valence-corrected chi connectivity index (χ3v) is 7.71. The topological polar surface area (TPSA) is 66.5 Å². The van der Waals surface area contributed by atoms with Crippen molar-refractivity contribution in [2.45, 2.75) is 31.6 Å². The minimum atomic E-state index is -3.55. The van der Waals surface area contributed by atoms with Crippen LogP contribution in [0.2, 0.25) is 10.0 Å². The van der Waals surface area contributed by atoms with Gasteiger partial charge in [0.2, 0.25) is 15.9 Å². The highest BCUT2D eigenvalue weighted by molar-refractivity contribution is 7.88. The van der Waals surface area contributed by atoms with E-state index in [0.717, 1.165) is 5.56 Å². The summed E-state index contributed by atoms with van der Waals surface area (Å²) < 4.78 is 40.0. The molecule has 0 aromatic heterocycles. The van der Waals surface area contributed by atoms with Crippen molar-refractivity contribution in [2.24, 2.45) is 5.92 Å². The summed E-state index contributed by atoms with van der Waals surface area (Å²) in [5.74, 6) is -0.921. The summed E-state index contributed by atoms with van der Waals surface area (Å²) >= 11 is 12.0. The lowest BCUT2D eigenvalue weighted by Gasteiger charge is -2.31. The standard InChI is InChI=1S/C21H23Cl2FN2O3S/c1-14(15-3-6-19(24)7-4-15)25-21(27)16-8-10-26(11-9-16)30(28,29)13-17-2-5-18(22)12-20(17)23/h2-7,12,14,16H,8-11,13H2,1H3,(H,25,27)/t14-/m0/s1. The fraction of sp³-hybridized carbons (Fsp3) is 0.381. The van der Waals surface area contributed by atoms with Gasteiger partial charge in [0.15, 0.2) is 0 Å². The first-order valence-corrected chi connectivity index (χ1v) is 12.0. The molecule has 1 aliphatic rings. The van der Waals surface area contributed by atoms with E-state index in [1.807, 2.05) is 6.92 Å². The molecule has 1 saturated heterocycles. The molecule has 1 atom stereocenters. The van der Waals surface area contributed by atoms with Crippen LogP contribution >= 0.6 is 23.2 Å². The zero-order chi connectivity index (χ0) is 21.9. The Morgan fingerprint density at radius 3 is 2.40 bits per heavy atom. The van der Waals surface area contributed by atoms with E-state index < -0.39 is 10.0 Å². The summed E-state index contributed by atoms with van der Waals surface area (Å²) in [6, 6.07) is 10.5. The summed E-state index contributed by atoms with van der Waals surface area (Å²) in [4.78, 5) is 12.6. The van der Waals surface area contributed by atoms with Crippen LogP contribution in [0, 0.1) is 11.7 Å². The molecule has 2 aromatic rings. The number of nitrogens with one attached hydrogen (secondary N) is 1. The Kier molecular flexibility index (Phi) is 7.39. The highest BCUT2D eigenvalue weighted by Gasteiger charge is 2.32. The molecule has 1 heterocycles. The summed E-state index contributed by atoms with van der Waals surface area (Å²) in [7, 11) is -3.55. The second kappa shape index (κ2) is 9.64.